The molecule has 126 valence electrons. The number of rotatable bonds is 4. The zero-order valence-electron chi connectivity index (χ0n) is 13.3. The lowest BCUT2D eigenvalue weighted by atomic mass is 10.2. The summed E-state index contributed by atoms with van der Waals surface area (Å²) in [5, 5.41) is 2.04. The second-order valence-electron chi connectivity index (χ2n) is 5.65. The Balaban J connectivity index is 1.73. The Labute approximate surface area is 148 Å². The van der Waals surface area contributed by atoms with Gasteiger partial charge in [0.05, 0.1) is 24.0 Å². The van der Waals surface area contributed by atoms with Gasteiger partial charge in [0, 0.05) is 16.7 Å². The number of hydrogen-bond donors (Lipinski definition) is 0. The van der Waals surface area contributed by atoms with Gasteiger partial charge in [-0.2, -0.15) is 0 Å². The van der Waals surface area contributed by atoms with Crippen molar-refractivity contribution in [3.05, 3.63) is 59.2 Å². The van der Waals surface area contributed by atoms with Crippen LogP contribution in [0.3, 0.4) is 0 Å². The summed E-state index contributed by atoms with van der Waals surface area (Å²) in [5.74, 6) is 0.542. The molecule has 0 radical (unpaired) electrons. The molecule has 0 unspecified atom stereocenters. The molecule has 0 bridgehead atoms. The van der Waals surface area contributed by atoms with E-state index in [1.165, 1.54) is 11.1 Å². The molecule has 0 atom stereocenters. The quantitative estimate of drug-likeness (QED) is 0.552. The van der Waals surface area contributed by atoms with Crippen molar-refractivity contribution in [3.8, 4) is 11.4 Å². The second kappa shape index (κ2) is 6.05. The Bertz CT molecular complexity index is 1130. The molecule has 3 aromatic heterocycles. The highest BCUT2D eigenvalue weighted by Gasteiger charge is 2.11. The topological polar surface area (TPSA) is 77.7 Å². The van der Waals surface area contributed by atoms with Crippen molar-refractivity contribution in [1.29, 1.82) is 0 Å². The van der Waals surface area contributed by atoms with Crippen LogP contribution in [0, 0.1) is 0 Å². The first-order valence-electron chi connectivity index (χ1n) is 7.51. The molecule has 6 nitrogen and oxygen atoms in total. The van der Waals surface area contributed by atoms with E-state index >= 15 is 0 Å². The highest BCUT2D eigenvalue weighted by Crippen LogP contribution is 2.21. The van der Waals surface area contributed by atoms with Gasteiger partial charge in [-0.3, -0.25) is 0 Å². The molecular weight excluding hydrogens is 356 g/mol. The summed E-state index contributed by atoms with van der Waals surface area (Å²) in [4.78, 5) is 14.8. The van der Waals surface area contributed by atoms with E-state index < -0.39 is 9.84 Å². The molecule has 0 saturated heterocycles. The van der Waals surface area contributed by atoms with Crippen LogP contribution in [0.4, 0.5) is 0 Å². The van der Waals surface area contributed by atoms with Gasteiger partial charge in [-0.25, -0.2) is 23.4 Å². The van der Waals surface area contributed by atoms with Crippen LogP contribution in [0.5, 0.6) is 0 Å². The van der Waals surface area contributed by atoms with Crippen LogP contribution in [0.1, 0.15) is 4.88 Å². The van der Waals surface area contributed by atoms with Crippen molar-refractivity contribution in [1.82, 2.24) is 19.5 Å². The molecule has 0 fully saturated rings. The van der Waals surface area contributed by atoms with E-state index in [0.29, 0.717) is 12.4 Å². The zero-order valence-corrected chi connectivity index (χ0v) is 15.0. The second-order valence-corrected chi connectivity index (χ2v) is 8.70. The first kappa shape index (κ1) is 15.9. The summed E-state index contributed by atoms with van der Waals surface area (Å²) in [5.41, 5.74) is 2.25. The number of sulfone groups is 1. The van der Waals surface area contributed by atoms with E-state index in [9.17, 15) is 8.42 Å². The summed E-state index contributed by atoms with van der Waals surface area (Å²) in [6.45, 7) is 0.706. The maximum absolute atomic E-state index is 11.6. The van der Waals surface area contributed by atoms with Gasteiger partial charge < -0.3 is 4.57 Å². The van der Waals surface area contributed by atoms with Crippen LogP contribution in [0.2, 0.25) is 0 Å². The summed E-state index contributed by atoms with van der Waals surface area (Å²) in [6.07, 6.45) is 4.64. The van der Waals surface area contributed by atoms with Crippen molar-refractivity contribution in [3.63, 3.8) is 0 Å². The van der Waals surface area contributed by atoms with E-state index in [-0.39, 0.29) is 4.90 Å². The van der Waals surface area contributed by atoms with Crippen LogP contribution in [0.15, 0.2) is 59.2 Å². The number of thiophene rings is 1. The van der Waals surface area contributed by atoms with Gasteiger partial charge >= 0.3 is 0 Å². The van der Waals surface area contributed by atoms with E-state index in [1.54, 1.807) is 48.1 Å². The van der Waals surface area contributed by atoms with Crippen LogP contribution < -0.4 is 0 Å². The molecule has 4 aromatic rings. The summed E-state index contributed by atoms with van der Waals surface area (Å²) >= 11 is 1.69. The first-order valence-corrected chi connectivity index (χ1v) is 10.3. The molecule has 0 aliphatic carbocycles. The molecule has 1 aromatic carbocycles. The molecule has 3 heterocycles. The van der Waals surface area contributed by atoms with Gasteiger partial charge in [0.1, 0.15) is 5.52 Å². The Morgan fingerprint density at radius 3 is 2.60 bits per heavy atom. The lowest BCUT2D eigenvalue weighted by Crippen LogP contribution is -2.00. The number of aromatic nitrogens is 4. The third-order valence-corrected chi connectivity index (χ3v) is 5.79. The summed E-state index contributed by atoms with van der Waals surface area (Å²) in [6, 6.07) is 10.7. The fourth-order valence-electron chi connectivity index (χ4n) is 2.53. The van der Waals surface area contributed by atoms with Crippen LogP contribution in [-0.4, -0.2) is 34.2 Å². The molecule has 0 N–H and O–H groups in total. The van der Waals surface area contributed by atoms with Gasteiger partial charge in [0.15, 0.2) is 21.3 Å². The standard InChI is InChI=1S/C17H14N4O2S2/c1-25(22,23)14-6-4-12(5-7-14)16-18-9-15-17(20-16)21(11-19-15)10-13-3-2-8-24-13/h2-9,11H,10H2,1H3. The molecule has 0 amide bonds. The minimum Gasteiger partial charge on any atom is -0.310 e. The first-order chi connectivity index (χ1) is 12.0. The van der Waals surface area contributed by atoms with Crippen LogP contribution >= 0.6 is 11.3 Å². The number of imidazole rings is 1. The zero-order chi connectivity index (χ0) is 17.4. The van der Waals surface area contributed by atoms with E-state index in [4.69, 9.17) is 0 Å². The molecular formula is C17H14N4O2S2. The average Bonchev–Trinajstić information content (AvgIpc) is 3.24. The fourth-order valence-corrected chi connectivity index (χ4v) is 3.87. The van der Waals surface area contributed by atoms with Crippen molar-refractivity contribution < 1.29 is 8.42 Å². The molecule has 8 heteroatoms. The lowest BCUT2D eigenvalue weighted by Gasteiger charge is -2.04. The summed E-state index contributed by atoms with van der Waals surface area (Å²) < 4.78 is 25.1. The molecule has 0 aliphatic heterocycles. The molecule has 25 heavy (non-hydrogen) atoms. The predicted molar refractivity (Wildman–Crippen MR) is 97.3 cm³/mol. The van der Waals surface area contributed by atoms with Crippen LogP contribution in [-0.2, 0) is 16.4 Å². The Hall–Kier alpha value is -2.58. The van der Waals surface area contributed by atoms with Gasteiger partial charge in [-0.05, 0) is 35.7 Å². The van der Waals surface area contributed by atoms with Gasteiger partial charge in [-0.15, -0.1) is 11.3 Å². The monoisotopic (exact) mass is 370 g/mol. The van der Waals surface area contributed by atoms with E-state index in [2.05, 4.69) is 21.0 Å². The fraction of sp³-hybridized carbons (Fsp3) is 0.118. The Kier molecular flexibility index (Phi) is 3.85. The average molecular weight is 370 g/mol. The maximum Gasteiger partial charge on any atom is 0.175 e. The number of benzene rings is 1. The van der Waals surface area contributed by atoms with Gasteiger partial charge in [0.2, 0.25) is 0 Å². The third-order valence-electron chi connectivity index (χ3n) is 3.81. The lowest BCUT2D eigenvalue weighted by molar-refractivity contribution is 0.602. The largest absolute Gasteiger partial charge is 0.310 e. The van der Waals surface area contributed by atoms with Crippen molar-refractivity contribution in [2.24, 2.45) is 0 Å². The SMILES string of the molecule is CS(=O)(=O)c1ccc(-c2ncc3ncn(Cc4cccs4)c3n2)cc1. The predicted octanol–water partition coefficient (Wildman–Crippen LogP) is 3.01. The number of fused-ring (bicyclic) bond motifs is 1. The third kappa shape index (κ3) is 3.18. The molecule has 0 spiro atoms. The Morgan fingerprint density at radius 1 is 1.12 bits per heavy atom. The number of hydrogen-bond acceptors (Lipinski definition) is 6. The summed E-state index contributed by atoms with van der Waals surface area (Å²) in [7, 11) is -3.22. The van der Waals surface area contributed by atoms with Crippen molar-refractivity contribution in [2.75, 3.05) is 6.26 Å². The number of nitrogens with zero attached hydrogens (tertiary/aromatic N) is 4. The Morgan fingerprint density at radius 2 is 1.92 bits per heavy atom. The maximum atomic E-state index is 11.6. The normalized spacial score (nSPS) is 11.9. The molecule has 4 rings (SSSR count). The highest BCUT2D eigenvalue weighted by atomic mass is 32.2. The molecule has 0 aliphatic rings. The van der Waals surface area contributed by atoms with E-state index in [0.717, 1.165) is 16.7 Å². The smallest absolute Gasteiger partial charge is 0.175 e. The van der Waals surface area contributed by atoms with Crippen molar-refractivity contribution >= 4 is 32.3 Å². The van der Waals surface area contributed by atoms with Crippen molar-refractivity contribution in [2.45, 2.75) is 11.4 Å². The minimum absolute atomic E-state index is 0.278. The van der Waals surface area contributed by atoms with Crippen LogP contribution in [0.25, 0.3) is 22.6 Å². The molecule has 0 saturated carbocycles. The highest BCUT2D eigenvalue weighted by molar-refractivity contribution is 7.90. The van der Waals surface area contributed by atoms with Gasteiger partial charge in [0.25, 0.3) is 0 Å². The van der Waals surface area contributed by atoms with E-state index in [1.807, 2.05) is 16.0 Å². The minimum atomic E-state index is -3.22. The van der Waals surface area contributed by atoms with Gasteiger partial charge in [-0.1, -0.05) is 6.07 Å².